The maximum absolute atomic E-state index is 10.4. The first-order valence-electron chi connectivity index (χ1n) is 7.90. The summed E-state index contributed by atoms with van der Waals surface area (Å²) >= 11 is 0. The summed E-state index contributed by atoms with van der Waals surface area (Å²) in [5.41, 5.74) is 5.98. The topological polar surface area (TPSA) is 82.8 Å². The molecule has 0 fully saturated rings. The van der Waals surface area contributed by atoms with E-state index in [2.05, 4.69) is 6.92 Å². The first-order chi connectivity index (χ1) is 9.18. The van der Waals surface area contributed by atoms with E-state index >= 15 is 0 Å². The van der Waals surface area contributed by atoms with Crippen LogP contribution in [0.4, 0.5) is 0 Å². The monoisotopic (exact) mass is 274 g/mol. The van der Waals surface area contributed by atoms with Gasteiger partial charge in [0.05, 0.1) is 6.54 Å². The van der Waals surface area contributed by atoms with E-state index in [1.807, 2.05) is 6.92 Å². The summed E-state index contributed by atoms with van der Waals surface area (Å²) in [6, 6.07) is 0. The van der Waals surface area contributed by atoms with Crippen molar-refractivity contribution in [2.75, 3.05) is 6.54 Å². The molecule has 0 aliphatic carbocycles. The Morgan fingerprint density at radius 2 is 1.37 bits per heavy atom. The van der Waals surface area contributed by atoms with Crippen molar-refractivity contribution in [3.05, 3.63) is 5.21 Å². The Kier molecular flexibility index (Phi) is 21.5. The Bertz CT molecular complexity index is 174. The molecular formula is C15H34N2O2. The normalized spacial score (nSPS) is 9.84. The van der Waals surface area contributed by atoms with Gasteiger partial charge in [0, 0.05) is 6.42 Å². The molecule has 0 heterocycles. The van der Waals surface area contributed by atoms with Crippen molar-refractivity contribution >= 4 is 5.91 Å². The molecule has 0 aliphatic rings. The highest BCUT2D eigenvalue weighted by Gasteiger charge is 1.94. The number of carbonyl (C=O) groups excluding carboxylic acids is 1. The van der Waals surface area contributed by atoms with Gasteiger partial charge in [0.15, 0.2) is 0 Å². The van der Waals surface area contributed by atoms with Crippen LogP contribution in [0.1, 0.15) is 84.5 Å². The van der Waals surface area contributed by atoms with Crippen LogP contribution in [0, 0.1) is 5.21 Å². The van der Waals surface area contributed by atoms with Gasteiger partial charge in [-0.25, -0.2) is 0 Å². The molecule has 0 unspecified atom stereocenters. The second-order valence-corrected chi connectivity index (χ2v) is 5.00. The number of quaternary nitrogens is 1. The SMILES string of the molecule is CCCCCCCCCCCC(N)=O.CCC[NH2+][O-]. The number of unbranched alkanes of at least 4 members (excludes halogenated alkanes) is 8. The Hall–Kier alpha value is -0.610. The number of amides is 1. The van der Waals surface area contributed by atoms with E-state index in [0.29, 0.717) is 13.0 Å². The van der Waals surface area contributed by atoms with Crippen LogP contribution in [0.15, 0.2) is 0 Å². The van der Waals surface area contributed by atoms with Crippen LogP contribution in [-0.2, 0) is 4.79 Å². The Labute approximate surface area is 119 Å². The van der Waals surface area contributed by atoms with Gasteiger partial charge >= 0.3 is 0 Å². The van der Waals surface area contributed by atoms with E-state index in [1.165, 1.54) is 44.9 Å². The molecule has 4 N–H and O–H groups in total. The maximum atomic E-state index is 10.4. The number of hydrogen-bond acceptors (Lipinski definition) is 2. The van der Waals surface area contributed by atoms with Crippen LogP contribution in [-0.4, -0.2) is 12.5 Å². The second-order valence-electron chi connectivity index (χ2n) is 5.00. The van der Waals surface area contributed by atoms with Crippen LogP contribution in [0.3, 0.4) is 0 Å². The molecule has 0 radical (unpaired) electrons. The zero-order valence-corrected chi connectivity index (χ0v) is 13.0. The fourth-order valence-electron chi connectivity index (χ4n) is 1.73. The molecule has 0 saturated heterocycles. The van der Waals surface area contributed by atoms with Crippen LogP contribution >= 0.6 is 0 Å². The van der Waals surface area contributed by atoms with Crippen molar-refractivity contribution in [3.63, 3.8) is 0 Å². The molecule has 116 valence electrons. The van der Waals surface area contributed by atoms with Gasteiger partial charge in [0.1, 0.15) is 0 Å². The summed E-state index contributed by atoms with van der Waals surface area (Å²) in [4.78, 5) is 10.4. The third-order valence-corrected chi connectivity index (χ3v) is 2.93. The quantitative estimate of drug-likeness (QED) is 0.424. The molecule has 4 nitrogen and oxygen atoms in total. The second kappa shape index (κ2) is 19.7. The van der Waals surface area contributed by atoms with Crippen LogP contribution in [0.5, 0.6) is 0 Å². The van der Waals surface area contributed by atoms with E-state index in [0.717, 1.165) is 24.7 Å². The van der Waals surface area contributed by atoms with E-state index in [4.69, 9.17) is 5.73 Å². The van der Waals surface area contributed by atoms with Gasteiger partial charge in [-0.05, 0) is 12.8 Å². The van der Waals surface area contributed by atoms with Crippen molar-refractivity contribution in [2.24, 2.45) is 5.73 Å². The standard InChI is InChI=1S/C12H25NO.C3H9NO/c1-2-3-4-5-6-7-8-9-10-11-12(13)14;1-2-3-4-5/h2-11H2,1H3,(H2,13,14);2-4H2,1H3. The molecule has 0 rings (SSSR count). The van der Waals surface area contributed by atoms with Crippen molar-refractivity contribution in [2.45, 2.75) is 84.5 Å². The predicted octanol–water partition coefficient (Wildman–Crippen LogP) is 2.85. The first kappa shape index (κ1) is 20.7. The molecule has 0 aliphatic heterocycles. The minimum Gasteiger partial charge on any atom is -0.636 e. The number of rotatable bonds is 12. The summed E-state index contributed by atoms with van der Waals surface area (Å²) < 4.78 is 0. The van der Waals surface area contributed by atoms with E-state index in [1.54, 1.807) is 0 Å². The Balaban J connectivity index is 0. The predicted molar refractivity (Wildman–Crippen MR) is 81.5 cm³/mol. The summed E-state index contributed by atoms with van der Waals surface area (Å²) in [6.45, 7) is 4.93. The molecular weight excluding hydrogens is 240 g/mol. The molecule has 0 atom stereocenters. The summed E-state index contributed by atoms with van der Waals surface area (Å²) in [5.74, 6) is -0.159. The average molecular weight is 274 g/mol. The van der Waals surface area contributed by atoms with E-state index in [-0.39, 0.29) is 5.91 Å². The van der Waals surface area contributed by atoms with Gasteiger partial charge < -0.3 is 16.4 Å². The molecule has 0 bridgehead atoms. The fourth-order valence-corrected chi connectivity index (χ4v) is 1.73. The smallest absolute Gasteiger partial charge is 0.217 e. The highest BCUT2D eigenvalue weighted by atomic mass is 16.5. The fraction of sp³-hybridized carbons (Fsp3) is 0.933. The van der Waals surface area contributed by atoms with Crippen LogP contribution in [0.2, 0.25) is 0 Å². The Morgan fingerprint density at radius 3 is 1.68 bits per heavy atom. The molecule has 0 spiro atoms. The minimum absolute atomic E-state index is 0.159. The number of nitrogens with two attached hydrogens (primary N) is 2. The summed E-state index contributed by atoms with van der Waals surface area (Å²) in [6.07, 6.45) is 13.1. The van der Waals surface area contributed by atoms with Gasteiger partial charge in [-0.2, -0.15) is 0 Å². The highest BCUT2D eigenvalue weighted by molar-refractivity contribution is 5.73. The first-order valence-corrected chi connectivity index (χ1v) is 7.90. The number of hydroxylamine groups is 1. The van der Waals surface area contributed by atoms with Gasteiger partial charge in [0.2, 0.25) is 5.91 Å². The largest absolute Gasteiger partial charge is 0.636 e. The zero-order valence-electron chi connectivity index (χ0n) is 13.0. The van der Waals surface area contributed by atoms with Crippen molar-refractivity contribution < 1.29 is 10.3 Å². The molecule has 0 aromatic rings. The molecule has 0 saturated carbocycles. The Morgan fingerprint density at radius 1 is 0.895 bits per heavy atom. The molecule has 0 aromatic heterocycles. The highest BCUT2D eigenvalue weighted by Crippen LogP contribution is 2.10. The molecule has 1 amide bonds. The van der Waals surface area contributed by atoms with E-state index < -0.39 is 0 Å². The lowest BCUT2D eigenvalue weighted by Crippen LogP contribution is -2.77. The third-order valence-electron chi connectivity index (χ3n) is 2.93. The van der Waals surface area contributed by atoms with Crippen molar-refractivity contribution in [1.29, 1.82) is 0 Å². The average Bonchev–Trinajstić information content (AvgIpc) is 2.38. The minimum atomic E-state index is -0.159. The maximum Gasteiger partial charge on any atom is 0.217 e. The van der Waals surface area contributed by atoms with Crippen molar-refractivity contribution in [1.82, 2.24) is 0 Å². The third kappa shape index (κ3) is 26.8. The molecule has 4 heteroatoms. The molecule has 19 heavy (non-hydrogen) atoms. The summed E-state index contributed by atoms with van der Waals surface area (Å²) in [5, 5.41) is 9.40. The lowest BCUT2D eigenvalue weighted by molar-refractivity contribution is -0.588. The zero-order chi connectivity index (χ0) is 14.8. The van der Waals surface area contributed by atoms with E-state index in [9.17, 15) is 10.0 Å². The van der Waals surface area contributed by atoms with Crippen LogP contribution in [0.25, 0.3) is 0 Å². The van der Waals surface area contributed by atoms with Gasteiger partial charge in [-0.15, -0.1) is 0 Å². The van der Waals surface area contributed by atoms with Crippen molar-refractivity contribution in [3.8, 4) is 0 Å². The van der Waals surface area contributed by atoms with Crippen LogP contribution < -0.4 is 11.2 Å². The lowest BCUT2D eigenvalue weighted by Gasteiger charge is -2.00. The number of primary amides is 1. The number of carbonyl (C=O) groups is 1. The van der Waals surface area contributed by atoms with Gasteiger partial charge in [-0.1, -0.05) is 65.2 Å². The van der Waals surface area contributed by atoms with Gasteiger partial charge in [0.25, 0.3) is 0 Å². The van der Waals surface area contributed by atoms with Gasteiger partial charge in [-0.3, -0.25) is 4.79 Å². The number of hydrogen-bond donors (Lipinski definition) is 2. The lowest BCUT2D eigenvalue weighted by atomic mass is 10.1. The summed E-state index contributed by atoms with van der Waals surface area (Å²) in [7, 11) is 0. The molecule has 0 aromatic carbocycles.